The smallest absolute Gasteiger partial charge is 0.407 e. The normalized spacial score (nSPS) is 24.2. The summed E-state index contributed by atoms with van der Waals surface area (Å²) >= 11 is 0. The quantitative estimate of drug-likeness (QED) is 0.295. The van der Waals surface area contributed by atoms with E-state index in [9.17, 15) is 41.5 Å². The Morgan fingerprint density at radius 1 is 1.05 bits per heavy atom. The van der Waals surface area contributed by atoms with Crippen LogP contribution in [-0.2, 0) is 23.9 Å². The number of methoxy groups -OCH3 is 1. The molecule has 5 atom stereocenters. The maximum absolute atomic E-state index is 14.3. The van der Waals surface area contributed by atoms with Gasteiger partial charge in [-0.2, -0.15) is 0 Å². The fourth-order valence-corrected chi connectivity index (χ4v) is 5.06. The van der Waals surface area contributed by atoms with Gasteiger partial charge < -0.3 is 25.6 Å². The number of fused-ring (bicyclic) bond motifs is 1. The number of halogens is 4. The Bertz CT molecular complexity index is 949. The van der Waals surface area contributed by atoms with Crippen molar-refractivity contribution in [1.82, 2.24) is 20.9 Å². The number of nitrogens with one attached hydrogen (secondary N) is 3. The summed E-state index contributed by atoms with van der Waals surface area (Å²) in [5, 5.41) is 6.76. The number of hydrogen-bond acceptors (Lipinski definition) is 6. The maximum Gasteiger partial charge on any atom is 0.407 e. The van der Waals surface area contributed by atoms with E-state index in [1.165, 1.54) is 0 Å². The van der Waals surface area contributed by atoms with Gasteiger partial charge in [-0.3, -0.25) is 19.2 Å². The first-order valence-corrected chi connectivity index (χ1v) is 12.3. The van der Waals surface area contributed by atoms with Gasteiger partial charge in [0.2, 0.25) is 29.4 Å². The van der Waals surface area contributed by atoms with Crippen molar-refractivity contribution in [2.45, 2.75) is 83.3 Å². The SMILES string of the molecule is CNC(=O)C(=O)[C@H](CCC(C)(F)F)NC(=O)C1C2CC(F)(F)CC2CN1C(=O)[C@@H](NC(=O)OC)C(C)(C)C. The minimum absolute atomic E-state index is 0.215. The van der Waals surface area contributed by atoms with Gasteiger partial charge in [0.15, 0.2) is 0 Å². The molecule has 0 aromatic heterocycles. The van der Waals surface area contributed by atoms with Crippen molar-refractivity contribution in [3.05, 3.63) is 0 Å². The van der Waals surface area contributed by atoms with E-state index in [4.69, 9.17) is 0 Å². The average molecular weight is 553 g/mol. The van der Waals surface area contributed by atoms with E-state index in [0.717, 1.165) is 19.1 Å². The second-order valence-electron chi connectivity index (χ2n) is 11.2. The number of likely N-dealkylation sites (N-methyl/N-ethyl adjacent to an activating group) is 1. The highest BCUT2D eigenvalue weighted by molar-refractivity contribution is 6.38. The van der Waals surface area contributed by atoms with E-state index in [1.54, 1.807) is 20.8 Å². The van der Waals surface area contributed by atoms with Crippen LogP contribution in [-0.4, -0.2) is 85.2 Å². The molecule has 10 nitrogen and oxygen atoms in total. The van der Waals surface area contributed by atoms with Crippen molar-refractivity contribution in [2.24, 2.45) is 17.3 Å². The minimum atomic E-state index is -3.21. The third-order valence-electron chi connectivity index (χ3n) is 6.94. The molecule has 3 N–H and O–H groups in total. The lowest BCUT2D eigenvalue weighted by atomic mass is 9.85. The third kappa shape index (κ3) is 7.56. The Hall–Kier alpha value is -2.93. The molecule has 0 spiro atoms. The van der Waals surface area contributed by atoms with Gasteiger partial charge in [0.25, 0.3) is 5.91 Å². The van der Waals surface area contributed by atoms with Gasteiger partial charge in [0.1, 0.15) is 12.1 Å². The number of likely N-dealkylation sites (tertiary alicyclic amines) is 1. The third-order valence-corrected chi connectivity index (χ3v) is 6.94. The van der Waals surface area contributed by atoms with Crippen molar-refractivity contribution in [1.29, 1.82) is 0 Å². The molecule has 38 heavy (non-hydrogen) atoms. The zero-order chi connectivity index (χ0) is 29.2. The number of nitrogens with zero attached hydrogens (tertiary/aromatic N) is 1. The molecule has 4 amide bonds. The Morgan fingerprint density at radius 3 is 2.16 bits per heavy atom. The number of hydrogen-bond donors (Lipinski definition) is 3. The van der Waals surface area contributed by atoms with Crippen LogP contribution < -0.4 is 16.0 Å². The zero-order valence-corrected chi connectivity index (χ0v) is 22.3. The van der Waals surface area contributed by atoms with Gasteiger partial charge >= 0.3 is 6.09 Å². The highest BCUT2D eigenvalue weighted by atomic mass is 19.3. The molecule has 216 valence electrons. The Kier molecular flexibility index (Phi) is 9.42. The zero-order valence-electron chi connectivity index (χ0n) is 22.3. The number of ether oxygens (including phenoxy) is 1. The molecule has 0 radical (unpaired) electrons. The first kappa shape index (κ1) is 31.3. The molecule has 0 aromatic carbocycles. The van der Waals surface area contributed by atoms with Crippen molar-refractivity contribution < 1.29 is 46.3 Å². The first-order valence-electron chi connectivity index (χ1n) is 12.3. The van der Waals surface area contributed by atoms with E-state index in [-0.39, 0.29) is 6.54 Å². The Labute approximate surface area is 218 Å². The predicted octanol–water partition coefficient (Wildman–Crippen LogP) is 1.86. The van der Waals surface area contributed by atoms with Gasteiger partial charge in [-0.25, -0.2) is 22.4 Å². The average Bonchev–Trinajstić information content (AvgIpc) is 3.28. The summed E-state index contributed by atoms with van der Waals surface area (Å²) in [5.74, 6) is -12.1. The monoisotopic (exact) mass is 552 g/mol. The minimum Gasteiger partial charge on any atom is -0.453 e. The van der Waals surface area contributed by atoms with Crippen molar-refractivity contribution in [3.8, 4) is 0 Å². The van der Waals surface area contributed by atoms with E-state index in [0.29, 0.717) is 6.92 Å². The molecule has 2 fully saturated rings. The summed E-state index contributed by atoms with van der Waals surface area (Å²) in [7, 11) is 2.25. The number of ketones is 1. The lowest BCUT2D eigenvalue weighted by Crippen LogP contribution is -2.60. The van der Waals surface area contributed by atoms with Crippen LogP contribution in [0.1, 0.15) is 53.4 Å². The molecule has 14 heteroatoms. The molecule has 2 aliphatic rings. The molecule has 1 aliphatic heterocycles. The van der Waals surface area contributed by atoms with E-state index in [2.05, 4.69) is 20.7 Å². The molecule has 1 heterocycles. The first-order chi connectivity index (χ1) is 17.3. The fraction of sp³-hybridized carbons (Fsp3) is 0.792. The van der Waals surface area contributed by atoms with Crippen LogP contribution in [0.15, 0.2) is 0 Å². The number of rotatable bonds is 9. The van der Waals surface area contributed by atoms with E-state index >= 15 is 0 Å². The summed E-state index contributed by atoms with van der Waals surface area (Å²) in [6, 6.07) is -4.35. The Morgan fingerprint density at radius 2 is 1.66 bits per heavy atom. The van der Waals surface area contributed by atoms with E-state index in [1.807, 2.05) is 0 Å². The number of amides is 4. The number of alkyl halides is 4. The van der Waals surface area contributed by atoms with Crippen molar-refractivity contribution >= 4 is 29.6 Å². The van der Waals surface area contributed by atoms with Crippen LogP contribution in [0.5, 0.6) is 0 Å². The standard InChI is InChI=1S/C24H36F4N4O6/c1-22(2,3)17(31-21(37)38-6)20(36)32-11-12-9-24(27,28)10-13(12)15(32)18(34)30-14(7-8-23(4,25)26)16(33)19(35)29-5/h12-15,17H,7-11H2,1-6H3,(H,29,35)(H,30,34)(H,31,37)/t12?,13?,14-,15?,17+/m0/s1. The Balaban J connectivity index is 2.42. The van der Waals surface area contributed by atoms with Crippen LogP contribution in [0.3, 0.4) is 0 Å². The highest BCUT2D eigenvalue weighted by Crippen LogP contribution is 2.50. The summed E-state index contributed by atoms with van der Waals surface area (Å²) in [6.45, 7) is 5.34. The number of alkyl carbamates (subject to hydrolysis) is 1. The largest absolute Gasteiger partial charge is 0.453 e. The fourth-order valence-electron chi connectivity index (χ4n) is 5.06. The maximum atomic E-state index is 14.3. The second-order valence-corrected chi connectivity index (χ2v) is 11.2. The topological polar surface area (TPSA) is 134 Å². The second kappa shape index (κ2) is 11.4. The van der Waals surface area contributed by atoms with Crippen molar-refractivity contribution in [3.63, 3.8) is 0 Å². The molecule has 2 rings (SSSR count). The molecule has 1 aliphatic carbocycles. The summed E-state index contributed by atoms with van der Waals surface area (Å²) in [5.41, 5.74) is -0.877. The number of Topliss-reactive ketones (excluding diaryl/α,β-unsaturated/α-hetero) is 1. The molecule has 1 saturated carbocycles. The molecule has 3 unspecified atom stereocenters. The van der Waals surface area contributed by atoms with Gasteiger partial charge in [0, 0.05) is 32.9 Å². The van der Waals surface area contributed by atoms with Gasteiger partial charge in [-0.05, 0) is 30.6 Å². The molecule has 1 saturated heterocycles. The molecule has 0 bridgehead atoms. The van der Waals surface area contributed by atoms with Crippen LogP contribution in [0, 0.1) is 17.3 Å². The molecule has 0 aromatic rings. The van der Waals surface area contributed by atoms with Gasteiger partial charge in [-0.15, -0.1) is 0 Å². The lowest BCUT2D eigenvalue weighted by Gasteiger charge is -2.36. The summed E-state index contributed by atoms with van der Waals surface area (Å²) < 4.78 is 60.2. The summed E-state index contributed by atoms with van der Waals surface area (Å²) in [4.78, 5) is 64.6. The van der Waals surface area contributed by atoms with Crippen LogP contribution in [0.2, 0.25) is 0 Å². The summed E-state index contributed by atoms with van der Waals surface area (Å²) in [6.07, 6.45) is -3.63. The van der Waals surface area contributed by atoms with Gasteiger partial charge in [-0.1, -0.05) is 20.8 Å². The van der Waals surface area contributed by atoms with Crippen LogP contribution in [0.4, 0.5) is 22.4 Å². The lowest BCUT2D eigenvalue weighted by molar-refractivity contribution is -0.145. The predicted molar refractivity (Wildman–Crippen MR) is 126 cm³/mol. The van der Waals surface area contributed by atoms with Crippen LogP contribution >= 0.6 is 0 Å². The highest BCUT2D eigenvalue weighted by Gasteiger charge is 2.59. The van der Waals surface area contributed by atoms with E-state index < -0.39 is 103 Å². The van der Waals surface area contributed by atoms with Crippen LogP contribution in [0.25, 0.3) is 0 Å². The molecular formula is C24H36F4N4O6. The number of carbonyl (C=O) groups excluding carboxylic acids is 5. The van der Waals surface area contributed by atoms with Crippen molar-refractivity contribution in [2.75, 3.05) is 20.7 Å². The molecular weight excluding hydrogens is 516 g/mol. The number of carbonyl (C=O) groups is 5. The van der Waals surface area contributed by atoms with Gasteiger partial charge in [0.05, 0.1) is 13.2 Å².